The number of aromatic nitrogens is 2. The van der Waals surface area contributed by atoms with Gasteiger partial charge in [-0.15, -0.1) is 0 Å². The molecule has 0 aliphatic carbocycles. The predicted molar refractivity (Wildman–Crippen MR) is 86.5 cm³/mol. The minimum absolute atomic E-state index is 0.635. The van der Waals surface area contributed by atoms with Crippen molar-refractivity contribution >= 4 is 27.0 Å². The van der Waals surface area contributed by atoms with Gasteiger partial charge in [-0.25, -0.2) is 4.98 Å². The minimum Gasteiger partial charge on any atom is -0.436 e. The largest absolute Gasteiger partial charge is 0.436 e. The Morgan fingerprint density at radius 2 is 1.81 bits per heavy atom. The van der Waals surface area contributed by atoms with Crippen molar-refractivity contribution in [2.75, 3.05) is 0 Å². The van der Waals surface area contributed by atoms with Gasteiger partial charge in [0.1, 0.15) is 5.52 Å². The van der Waals surface area contributed by atoms with Crippen LogP contribution in [0.5, 0.6) is 0 Å². The van der Waals surface area contributed by atoms with Gasteiger partial charge in [-0.05, 0) is 48.5 Å². The molecule has 0 amide bonds. The van der Waals surface area contributed by atoms with Gasteiger partial charge in [-0.1, -0.05) is 22.0 Å². The summed E-state index contributed by atoms with van der Waals surface area (Å²) in [5, 5.41) is 0. The van der Waals surface area contributed by atoms with Gasteiger partial charge in [-0.3, -0.25) is 0 Å². The summed E-state index contributed by atoms with van der Waals surface area (Å²) in [5.41, 5.74) is 3.68. The van der Waals surface area contributed by atoms with Crippen molar-refractivity contribution in [3.8, 4) is 17.1 Å². The monoisotopic (exact) mass is 338 g/mol. The Bertz CT molecular complexity index is 910. The molecule has 102 valence electrons. The first-order chi connectivity index (χ1) is 10.3. The predicted octanol–water partition coefficient (Wildman–Crippen LogP) is 5.05. The van der Waals surface area contributed by atoms with E-state index in [9.17, 15) is 0 Å². The average molecular weight is 339 g/mol. The highest BCUT2D eigenvalue weighted by Crippen LogP contribution is 2.27. The van der Waals surface area contributed by atoms with Crippen molar-refractivity contribution in [1.29, 1.82) is 0 Å². The Morgan fingerprint density at radius 3 is 2.62 bits per heavy atom. The Balaban J connectivity index is 1.83. The van der Waals surface area contributed by atoms with Gasteiger partial charge in [0.15, 0.2) is 5.58 Å². The molecule has 21 heavy (non-hydrogen) atoms. The van der Waals surface area contributed by atoms with E-state index in [1.165, 1.54) is 0 Å². The SMILES string of the molecule is Brc1cccc(-c2nc3cc(-n4cccc4)ccc3o2)c1. The van der Waals surface area contributed by atoms with E-state index in [0.29, 0.717) is 5.89 Å². The van der Waals surface area contributed by atoms with Crippen LogP contribution in [-0.2, 0) is 0 Å². The fraction of sp³-hybridized carbons (Fsp3) is 0. The van der Waals surface area contributed by atoms with Crippen LogP contribution in [0.3, 0.4) is 0 Å². The molecule has 0 unspecified atom stereocenters. The molecule has 4 rings (SSSR count). The first kappa shape index (κ1) is 12.4. The van der Waals surface area contributed by atoms with E-state index in [1.807, 2.05) is 71.6 Å². The molecule has 0 saturated heterocycles. The average Bonchev–Trinajstić information content (AvgIpc) is 3.16. The van der Waals surface area contributed by atoms with Crippen molar-refractivity contribution in [3.63, 3.8) is 0 Å². The third-order valence-electron chi connectivity index (χ3n) is 3.35. The standard InChI is InChI=1S/C17H11BrN2O/c18-13-5-3-4-12(10-13)17-19-15-11-14(6-7-16(15)21-17)20-8-1-2-9-20/h1-11H. The highest BCUT2D eigenvalue weighted by atomic mass is 79.9. The normalized spacial score (nSPS) is 11.1. The second kappa shape index (κ2) is 4.90. The molecule has 0 aliphatic heterocycles. The molecular weight excluding hydrogens is 328 g/mol. The minimum atomic E-state index is 0.635. The lowest BCUT2D eigenvalue weighted by molar-refractivity contribution is 0.620. The Labute approximate surface area is 130 Å². The fourth-order valence-electron chi connectivity index (χ4n) is 2.33. The Hall–Kier alpha value is -2.33. The summed E-state index contributed by atoms with van der Waals surface area (Å²) in [5.74, 6) is 0.635. The van der Waals surface area contributed by atoms with Gasteiger partial charge in [-0.2, -0.15) is 0 Å². The molecule has 0 radical (unpaired) electrons. The molecule has 0 aliphatic rings. The Morgan fingerprint density at radius 1 is 0.952 bits per heavy atom. The van der Waals surface area contributed by atoms with E-state index < -0.39 is 0 Å². The number of benzene rings is 2. The summed E-state index contributed by atoms with van der Waals surface area (Å²) in [7, 11) is 0. The van der Waals surface area contributed by atoms with Crippen LogP contribution in [-0.4, -0.2) is 9.55 Å². The van der Waals surface area contributed by atoms with Crippen LogP contribution in [0.4, 0.5) is 0 Å². The molecule has 0 atom stereocenters. The number of fused-ring (bicyclic) bond motifs is 1. The molecule has 2 aromatic heterocycles. The molecule has 0 N–H and O–H groups in total. The van der Waals surface area contributed by atoms with Crippen molar-refractivity contribution in [2.24, 2.45) is 0 Å². The molecule has 4 aromatic rings. The van der Waals surface area contributed by atoms with Crippen molar-refractivity contribution in [1.82, 2.24) is 9.55 Å². The summed E-state index contributed by atoms with van der Waals surface area (Å²) < 4.78 is 8.90. The topological polar surface area (TPSA) is 31.0 Å². The number of hydrogen-bond donors (Lipinski definition) is 0. The number of rotatable bonds is 2. The molecule has 0 spiro atoms. The maximum Gasteiger partial charge on any atom is 0.227 e. The smallest absolute Gasteiger partial charge is 0.227 e. The van der Waals surface area contributed by atoms with E-state index in [4.69, 9.17) is 4.42 Å². The van der Waals surface area contributed by atoms with Crippen LogP contribution >= 0.6 is 15.9 Å². The van der Waals surface area contributed by atoms with Gasteiger partial charge in [0, 0.05) is 28.1 Å². The van der Waals surface area contributed by atoms with Crippen LogP contribution in [0, 0.1) is 0 Å². The van der Waals surface area contributed by atoms with Crippen LogP contribution in [0.1, 0.15) is 0 Å². The summed E-state index contributed by atoms with van der Waals surface area (Å²) >= 11 is 3.47. The number of halogens is 1. The van der Waals surface area contributed by atoms with Crippen LogP contribution in [0.25, 0.3) is 28.2 Å². The summed E-state index contributed by atoms with van der Waals surface area (Å²) in [6.07, 6.45) is 4.02. The number of hydrogen-bond acceptors (Lipinski definition) is 2. The lowest BCUT2D eigenvalue weighted by Crippen LogP contribution is -1.88. The van der Waals surface area contributed by atoms with Crippen LogP contribution in [0.15, 0.2) is 75.9 Å². The van der Waals surface area contributed by atoms with Crippen molar-refractivity contribution < 1.29 is 4.42 Å². The third kappa shape index (κ3) is 2.28. The molecular formula is C17H11BrN2O. The zero-order chi connectivity index (χ0) is 14.2. The zero-order valence-electron chi connectivity index (χ0n) is 11.0. The third-order valence-corrected chi connectivity index (χ3v) is 3.84. The lowest BCUT2D eigenvalue weighted by Gasteiger charge is -2.00. The zero-order valence-corrected chi connectivity index (χ0v) is 12.6. The first-order valence-electron chi connectivity index (χ1n) is 6.59. The lowest BCUT2D eigenvalue weighted by atomic mass is 10.2. The molecule has 4 heteroatoms. The van der Waals surface area contributed by atoms with Crippen molar-refractivity contribution in [3.05, 3.63) is 71.5 Å². The molecule has 0 bridgehead atoms. The van der Waals surface area contributed by atoms with Gasteiger partial charge in [0.25, 0.3) is 0 Å². The number of nitrogens with zero attached hydrogens (tertiary/aromatic N) is 2. The van der Waals surface area contributed by atoms with Gasteiger partial charge in [0.05, 0.1) is 0 Å². The molecule has 0 fully saturated rings. The van der Waals surface area contributed by atoms with E-state index in [-0.39, 0.29) is 0 Å². The number of oxazole rings is 1. The van der Waals surface area contributed by atoms with Crippen LogP contribution < -0.4 is 0 Å². The second-order valence-electron chi connectivity index (χ2n) is 4.77. The van der Waals surface area contributed by atoms with E-state index in [0.717, 1.165) is 26.8 Å². The second-order valence-corrected chi connectivity index (χ2v) is 5.69. The summed E-state index contributed by atoms with van der Waals surface area (Å²) in [6.45, 7) is 0. The van der Waals surface area contributed by atoms with Gasteiger partial charge < -0.3 is 8.98 Å². The highest BCUT2D eigenvalue weighted by molar-refractivity contribution is 9.10. The first-order valence-corrected chi connectivity index (χ1v) is 7.39. The van der Waals surface area contributed by atoms with Crippen molar-refractivity contribution in [2.45, 2.75) is 0 Å². The fourth-order valence-corrected chi connectivity index (χ4v) is 2.73. The van der Waals surface area contributed by atoms with Gasteiger partial charge >= 0.3 is 0 Å². The Kier molecular flexibility index (Phi) is 2.89. The maximum atomic E-state index is 5.84. The van der Waals surface area contributed by atoms with Gasteiger partial charge in [0.2, 0.25) is 5.89 Å². The molecule has 3 nitrogen and oxygen atoms in total. The molecule has 2 heterocycles. The van der Waals surface area contributed by atoms with E-state index in [2.05, 4.69) is 20.9 Å². The summed E-state index contributed by atoms with van der Waals surface area (Å²) in [6, 6.07) is 18.0. The quantitative estimate of drug-likeness (QED) is 0.512. The van der Waals surface area contributed by atoms with Crippen LogP contribution in [0.2, 0.25) is 0 Å². The summed E-state index contributed by atoms with van der Waals surface area (Å²) in [4.78, 5) is 4.59. The maximum absolute atomic E-state index is 5.84. The molecule has 0 saturated carbocycles. The highest BCUT2D eigenvalue weighted by Gasteiger charge is 2.09. The van der Waals surface area contributed by atoms with E-state index in [1.54, 1.807) is 0 Å². The molecule has 2 aromatic carbocycles. The van der Waals surface area contributed by atoms with E-state index >= 15 is 0 Å².